The molecule has 3 nitrogen and oxygen atoms in total. The summed E-state index contributed by atoms with van der Waals surface area (Å²) in [7, 11) is 0. The van der Waals surface area contributed by atoms with Gasteiger partial charge in [-0.2, -0.15) is 0 Å². The molecule has 1 saturated heterocycles. The number of aliphatic carboxylic acids is 1. The molecule has 0 radical (unpaired) electrons. The Morgan fingerprint density at radius 1 is 1.45 bits per heavy atom. The maximum absolute atomic E-state index is 10.7. The minimum absolute atomic E-state index is 0.604. The van der Waals surface area contributed by atoms with Crippen LogP contribution < -0.4 is 5.73 Å². The van der Waals surface area contributed by atoms with Crippen molar-refractivity contribution in [3.05, 3.63) is 0 Å². The van der Waals surface area contributed by atoms with Gasteiger partial charge >= 0.3 is 5.97 Å². The lowest BCUT2D eigenvalue weighted by Gasteiger charge is -2.20. The molecule has 4 heteroatoms. The summed E-state index contributed by atoms with van der Waals surface area (Å²) >= 11 is 1.37. The quantitative estimate of drug-likeness (QED) is 0.625. The molecule has 0 aromatic rings. The van der Waals surface area contributed by atoms with Gasteiger partial charge in [0.1, 0.15) is 0 Å². The van der Waals surface area contributed by atoms with Gasteiger partial charge in [-0.3, -0.25) is 0 Å². The minimum Gasteiger partial charge on any atom is -0.479 e. The van der Waals surface area contributed by atoms with E-state index in [1.165, 1.54) is 11.8 Å². The number of thioether (sulfide) groups is 1. The highest BCUT2D eigenvalue weighted by Gasteiger charge is 2.34. The SMILES string of the molecule is NC1(C(=O)O)CCCCCS1. The molecule has 1 rings (SSSR count). The van der Waals surface area contributed by atoms with Gasteiger partial charge in [0.25, 0.3) is 0 Å². The molecule has 11 heavy (non-hydrogen) atoms. The molecule has 0 saturated carbocycles. The zero-order chi connectivity index (χ0) is 8.32. The molecule has 64 valence electrons. The van der Waals surface area contributed by atoms with Gasteiger partial charge in [-0.15, -0.1) is 11.8 Å². The third kappa shape index (κ3) is 2.10. The largest absolute Gasteiger partial charge is 0.479 e. The van der Waals surface area contributed by atoms with Crippen molar-refractivity contribution in [1.29, 1.82) is 0 Å². The molecule has 0 amide bonds. The molecule has 0 bridgehead atoms. The Bertz CT molecular complexity index is 153. The number of hydrogen-bond donors (Lipinski definition) is 2. The van der Waals surface area contributed by atoms with E-state index in [4.69, 9.17) is 10.8 Å². The topological polar surface area (TPSA) is 63.3 Å². The Balaban J connectivity index is 2.59. The summed E-state index contributed by atoms with van der Waals surface area (Å²) in [4.78, 5) is 9.68. The van der Waals surface area contributed by atoms with Crippen LogP contribution in [0.25, 0.3) is 0 Å². The van der Waals surface area contributed by atoms with E-state index in [2.05, 4.69) is 0 Å². The molecule has 0 aliphatic carbocycles. The van der Waals surface area contributed by atoms with E-state index in [9.17, 15) is 4.79 Å². The first kappa shape index (κ1) is 8.87. The fourth-order valence-corrected chi connectivity index (χ4v) is 2.29. The minimum atomic E-state index is -1.00. The summed E-state index contributed by atoms with van der Waals surface area (Å²) in [5.74, 6) is 0.00685. The van der Waals surface area contributed by atoms with Gasteiger partial charge in [-0.1, -0.05) is 12.8 Å². The molecule has 0 spiro atoms. The van der Waals surface area contributed by atoms with Crippen LogP contribution in [0.15, 0.2) is 0 Å². The number of carbonyl (C=O) groups is 1. The van der Waals surface area contributed by atoms with Crippen molar-refractivity contribution in [2.45, 2.75) is 30.6 Å². The summed E-state index contributed by atoms with van der Waals surface area (Å²) in [6.07, 6.45) is 3.75. The summed E-state index contributed by atoms with van der Waals surface area (Å²) in [6, 6.07) is 0. The normalized spacial score (nSPS) is 32.8. The van der Waals surface area contributed by atoms with Crippen molar-refractivity contribution >= 4 is 17.7 Å². The van der Waals surface area contributed by atoms with Gasteiger partial charge in [0.05, 0.1) is 0 Å². The van der Waals surface area contributed by atoms with E-state index < -0.39 is 10.8 Å². The van der Waals surface area contributed by atoms with Crippen molar-refractivity contribution in [3.63, 3.8) is 0 Å². The second-order valence-corrected chi connectivity index (χ2v) is 4.28. The van der Waals surface area contributed by atoms with Gasteiger partial charge < -0.3 is 10.8 Å². The van der Waals surface area contributed by atoms with Crippen molar-refractivity contribution in [2.24, 2.45) is 5.73 Å². The first-order chi connectivity index (χ1) is 5.15. The predicted octanol–water partition coefficient (Wildman–Crippen LogP) is 1.03. The van der Waals surface area contributed by atoms with Crippen LogP contribution in [0.2, 0.25) is 0 Å². The molecule has 1 fully saturated rings. The molecule has 0 aromatic heterocycles. The number of nitrogens with two attached hydrogens (primary N) is 1. The lowest BCUT2D eigenvalue weighted by molar-refractivity contribution is -0.139. The Morgan fingerprint density at radius 3 is 2.82 bits per heavy atom. The van der Waals surface area contributed by atoms with Crippen LogP contribution in [-0.4, -0.2) is 21.7 Å². The van der Waals surface area contributed by atoms with Crippen LogP contribution in [0.4, 0.5) is 0 Å². The van der Waals surface area contributed by atoms with Gasteiger partial charge in [0, 0.05) is 0 Å². The molecule has 1 aliphatic rings. The second-order valence-electron chi connectivity index (χ2n) is 2.85. The molecular formula is C7H13NO2S. The molecule has 1 aliphatic heterocycles. The third-order valence-electron chi connectivity index (χ3n) is 1.91. The summed E-state index contributed by atoms with van der Waals surface area (Å²) < 4.78 is 0. The van der Waals surface area contributed by atoms with Gasteiger partial charge in [-0.25, -0.2) is 4.79 Å². The summed E-state index contributed by atoms with van der Waals surface area (Å²) in [5.41, 5.74) is 5.67. The Kier molecular flexibility index (Phi) is 2.78. The lowest BCUT2D eigenvalue weighted by Crippen LogP contribution is -2.44. The van der Waals surface area contributed by atoms with Crippen LogP contribution in [0, 0.1) is 0 Å². The van der Waals surface area contributed by atoms with Crippen LogP contribution in [0.1, 0.15) is 25.7 Å². The molecule has 1 atom stereocenters. The van der Waals surface area contributed by atoms with Crippen molar-refractivity contribution in [3.8, 4) is 0 Å². The monoisotopic (exact) mass is 175 g/mol. The smallest absolute Gasteiger partial charge is 0.334 e. The zero-order valence-corrected chi connectivity index (χ0v) is 7.19. The Hall–Kier alpha value is -0.220. The fraction of sp³-hybridized carbons (Fsp3) is 0.857. The molecule has 1 unspecified atom stereocenters. The van der Waals surface area contributed by atoms with Crippen LogP contribution in [0.5, 0.6) is 0 Å². The first-order valence-electron chi connectivity index (χ1n) is 3.81. The predicted molar refractivity (Wildman–Crippen MR) is 45.5 cm³/mol. The van der Waals surface area contributed by atoms with E-state index in [-0.39, 0.29) is 0 Å². The Labute approximate surface area is 70.3 Å². The fourth-order valence-electron chi connectivity index (χ4n) is 1.16. The van der Waals surface area contributed by atoms with Crippen molar-refractivity contribution in [2.75, 3.05) is 5.75 Å². The van der Waals surface area contributed by atoms with Gasteiger partial charge in [0.2, 0.25) is 0 Å². The second kappa shape index (κ2) is 3.45. The maximum atomic E-state index is 10.7. The van der Waals surface area contributed by atoms with Crippen LogP contribution in [-0.2, 0) is 4.79 Å². The van der Waals surface area contributed by atoms with Gasteiger partial charge in [-0.05, 0) is 18.6 Å². The number of hydrogen-bond acceptors (Lipinski definition) is 3. The first-order valence-corrected chi connectivity index (χ1v) is 4.80. The van der Waals surface area contributed by atoms with Crippen LogP contribution in [0.3, 0.4) is 0 Å². The van der Waals surface area contributed by atoms with E-state index in [1.807, 2.05) is 0 Å². The Morgan fingerprint density at radius 2 is 2.18 bits per heavy atom. The average molecular weight is 175 g/mol. The van der Waals surface area contributed by atoms with E-state index in [1.54, 1.807) is 0 Å². The number of rotatable bonds is 1. The maximum Gasteiger partial charge on any atom is 0.334 e. The average Bonchev–Trinajstić information content (AvgIpc) is 2.15. The van der Waals surface area contributed by atoms with E-state index in [0.717, 1.165) is 25.0 Å². The summed E-state index contributed by atoms with van der Waals surface area (Å²) in [6.45, 7) is 0. The highest BCUT2D eigenvalue weighted by Crippen LogP contribution is 2.30. The molecule has 1 heterocycles. The summed E-state index contributed by atoms with van der Waals surface area (Å²) in [5, 5.41) is 8.78. The van der Waals surface area contributed by atoms with Crippen molar-refractivity contribution < 1.29 is 9.90 Å². The molecule has 3 N–H and O–H groups in total. The lowest BCUT2D eigenvalue weighted by atomic mass is 10.1. The third-order valence-corrected chi connectivity index (χ3v) is 3.30. The highest BCUT2D eigenvalue weighted by molar-refractivity contribution is 8.01. The van der Waals surface area contributed by atoms with E-state index >= 15 is 0 Å². The van der Waals surface area contributed by atoms with Crippen LogP contribution >= 0.6 is 11.8 Å². The zero-order valence-electron chi connectivity index (χ0n) is 6.38. The number of carboxylic acids is 1. The van der Waals surface area contributed by atoms with E-state index in [0.29, 0.717) is 6.42 Å². The molecular weight excluding hydrogens is 162 g/mol. The standard InChI is InChI=1S/C7H13NO2S/c8-7(6(9)10)4-2-1-3-5-11-7/h1-5,8H2,(H,9,10). The van der Waals surface area contributed by atoms with Crippen molar-refractivity contribution in [1.82, 2.24) is 0 Å². The molecule has 0 aromatic carbocycles. The number of carboxylic acid groups (broad SMARTS) is 1. The highest BCUT2D eigenvalue weighted by atomic mass is 32.2. The van der Waals surface area contributed by atoms with Gasteiger partial charge in [0.15, 0.2) is 4.87 Å².